The van der Waals surface area contributed by atoms with Crippen LogP contribution >= 0.6 is 0 Å². The monoisotopic (exact) mass is 397 g/mol. The minimum Gasteiger partial charge on any atom is -0.457 e. The van der Waals surface area contributed by atoms with E-state index in [1.807, 2.05) is 36.4 Å². The summed E-state index contributed by atoms with van der Waals surface area (Å²) in [6.07, 6.45) is 1.47. The van der Waals surface area contributed by atoms with E-state index in [1.54, 1.807) is 55.6 Å². The van der Waals surface area contributed by atoms with Gasteiger partial charge in [-0.1, -0.05) is 30.3 Å². The zero-order valence-corrected chi connectivity index (χ0v) is 16.3. The van der Waals surface area contributed by atoms with Gasteiger partial charge in [0.1, 0.15) is 23.1 Å². The SMILES string of the molecule is CNC(=O)c1ccc(C=C(C#N)C(=O)Nc2ccc(Oc3ccccc3)cc2)cc1. The van der Waals surface area contributed by atoms with Crippen LogP contribution in [0.5, 0.6) is 11.5 Å². The van der Waals surface area contributed by atoms with Crippen LogP contribution in [0.25, 0.3) is 6.08 Å². The number of amides is 2. The van der Waals surface area contributed by atoms with Gasteiger partial charge in [-0.2, -0.15) is 5.26 Å². The predicted molar refractivity (Wildman–Crippen MR) is 115 cm³/mol. The van der Waals surface area contributed by atoms with Gasteiger partial charge >= 0.3 is 0 Å². The molecule has 3 aromatic rings. The van der Waals surface area contributed by atoms with Crippen LogP contribution in [0.3, 0.4) is 0 Å². The zero-order chi connectivity index (χ0) is 21.3. The van der Waals surface area contributed by atoms with Crippen molar-refractivity contribution < 1.29 is 14.3 Å². The molecular formula is C24H19N3O3. The van der Waals surface area contributed by atoms with Gasteiger partial charge in [-0.25, -0.2) is 0 Å². The van der Waals surface area contributed by atoms with Gasteiger partial charge in [0.2, 0.25) is 0 Å². The molecule has 30 heavy (non-hydrogen) atoms. The average Bonchev–Trinajstić information content (AvgIpc) is 2.79. The van der Waals surface area contributed by atoms with Crippen molar-refractivity contribution in [2.75, 3.05) is 12.4 Å². The molecular weight excluding hydrogens is 378 g/mol. The van der Waals surface area contributed by atoms with Gasteiger partial charge in [-0.15, -0.1) is 0 Å². The fourth-order valence-corrected chi connectivity index (χ4v) is 2.62. The number of ether oxygens (including phenoxy) is 1. The van der Waals surface area contributed by atoms with Crippen LogP contribution in [-0.4, -0.2) is 18.9 Å². The van der Waals surface area contributed by atoms with Gasteiger partial charge in [-0.3, -0.25) is 9.59 Å². The standard InChI is InChI=1S/C24H19N3O3/c1-26-23(28)18-9-7-17(8-10-18)15-19(16-25)24(29)27-20-11-13-22(14-12-20)30-21-5-3-2-4-6-21/h2-15H,1H3,(H,26,28)(H,27,29). The highest BCUT2D eigenvalue weighted by molar-refractivity contribution is 6.09. The topological polar surface area (TPSA) is 91.2 Å². The minimum absolute atomic E-state index is 0.0488. The number of anilines is 1. The Kier molecular flexibility index (Phi) is 6.59. The molecule has 6 heteroatoms. The van der Waals surface area contributed by atoms with Crippen LogP contribution in [0.2, 0.25) is 0 Å². The Morgan fingerprint density at radius 2 is 1.53 bits per heavy atom. The average molecular weight is 397 g/mol. The van der Waals surface area contributed by atoms with E-state index in [2.05, 4.69) is 10.6 Å². The predicted octanol–water partition coefficient (Wildman–Crippen LogP) is 4.38. The molecule has 0 aliphatic rings. The summed E-state index contributed by atoms with van der Waals surface area (Å²) in [5, 5.41) is 14.6. The highest BCUT2D eigenvalue weighted by Gasteiger charge is 2.10. The van der Waals surface area contributed by atoms with E-state index < -0.39 is 5.91 Å². The molecule has 0 fully saturated rings. The molecule has 0 radical (unpaired) electrons. The number of nitrogens with zero attached hydrogens (tertiary/aromatic N) is 1. The van der Waals surface area contributed by atoms with Crippen LogP contribution < -0.4 is 15.4 Å². The summed E-state index contributed by atoms with van der Waals surface area (Å²) >= 11 is 0. The Balaban J connectivity index is 1.67. The smallest absolute Gasteiger partial charge is 0.266 e. The van der Waals surface area contributed by atoms with Crippen molar-refractivity contribution in [3.63, 3.8) is 0 Å². The molecule has 0 saturated heterocycles. The summed E-state index contributed by atoms with van der Waals surface area (Å²) in [6.45, 7) is 0. The summed E-state index contributed by atoms with van der Waals surface area (Å²) in [6, 6.07) is 24.7. The van der Waals surface area contributed by atoms with Crippen molar-refractivity contribution in [2.45, 2.75) is 0 Å². The van der Waals surface area contributed by atoms with E-state index in [0.717, 1.165) is 0 Å². The lowest BCUT2D eigenvalue weighted by molar-refractivity contribution is -0.112. The van der Waals surface area contributed by atoms with Crippen molar-refractivity contribution in [1.29, 1.82) is 5.26 Å². The molecule has 0 heterocycles. The number of carbonyl (C=O) groups is 2. The van der Waals surface area contributed by atoms with Crippen LogP contribution in [0.4, 0.5) is 5.69 Å². The molecule has 6 nitrogen and oxygen atoms in total. The molecule has 0 spiro atoms. The lowest BCUT2D eigenvalue weighted by Crippen LogP contribution is -2.17. The van der Waals surface area contributed by atoms with Gasteiger partial charge in [0.25, 0.3) is 11.8 Å². The second-order valence-electron chi connectivity index (χ2n) is 6.26. The molecule has 0 bridgehead atoms. The normalized spacial score (nSPS) is 10.6. The number of benzene rings is 3. The molecule has 0 atom stereocenters. The first-order valence-electron chi connectivity index (χ1n) is 9.17. The van der Waals surface area contributed by atoms with Crippen molar-refractivity contribution in [3.05, 3.63) is 95.6 Å². The maximum atomic E-state index is 12.4. The minimum atomic E-state index is -0.524. The Morgan fingerprint density at radius 1 is 0.900 bits per heavy atom. The van der Waals surface area contributed by atoms with E-state index in [1.165, 1.54) is 6.08 Å². The van der Waals surface area contributed by atoms with Crippen LogP contribution in [-0.2, 0) is 4.79 Å². The second kappa shape index (κ2) is 9.71. The van der Waals surface area contributed by atoms with Gasteiger partial charge in [-0.05, 0) is 60.2 Å². The number of para-hydroxylation sites is 1. The third-order valence-electron chi connectivity index (χ3n) is 4.17. The van der Waals surface area contributed by atoms with Crippen molar-refractivity contribution in [2.24, 2.45) is 0 Å². The van der Waals surface area contributed by atoms with Gasteiger partial charge in [0.15, 0.2) is 0 Å². The molecule has 148 valence electrons. The molecule has 0 unspecified atom stereocenters. The fourth-order valence-electron chi connectivity index (χ4n) is 2.62. The van der Waals surface area contributed by atoms with E-state index in [4.69, 9.17) is 4.74 Å². The summed E-state index contributed by atoms with van der Waals surface area (Å²) in [5.74, 6) is 0.617. The lowest BCUT2D eigenvalue weighted by atomic mass is 10.1. The van der Waals surface area contributed by atoms with Crippen molar-refractivity contribution in [3.8, 4) is 17.6 Å². The Bertz CT molecular complexity index is 1100. The molecule has 2 amide bonds. The maximum Gasteiger partial charge on any atom is 0.266 e. The summed E-state index contributed by atoms with van der Waals surface area (Å²) < 4.78 is 5.72. The molecule has 0 aromatic heterocycles. The van der Waals surface area contributed by atoms with Gasteiger partial charge in [0.05, 0.1) is 0 Å². The van der Waals surface area contributed by atoms with Gasteiger partial charge in [0, 0.05) is 18.3 Å². The number of hydrogen-bond donors (Lipinski definition) is 2. The molecule has 0 aliphatic carbocycles. The molecule has 3 aromatic carbocycles. The largest absolute Gasteiger partial charge is 0.457 e. The highest BCUT2D eigenvalue weighted by Crippen LogP contribution is 2.23. The van der Waals surface area contributed by atoms with E-state index in [9.17, 15) is 14.9 Å². The Hall–Kier alpha value is -4.37. The number of nitriles is 1. The number of carbonyl (C=O) groups excluding carboxylic acids is 2. The second-order valence-corrected chi connectivity index (χ2v) is 6.26. The number of rotatable bonds is 6. The number of nitrogens with one attached hydrogen (secondary N) is 2. The van der Waals surface area contributed by atoms with Crippen LogP contribution in [0, 0.1) is 11.3 Å². The summed E-state index contributed by atoms with van der Waals surface area (Å²) in [5.41, 5.74) is 1.63. The summed E-state index contributed by atoms with van der Waals surface area (Å²) in [4.78, 5) is 24.0. The molecule has 0 aliphatic heterocycles. The van der Waals surface area contributed by atoms with Crippen LogP contribution in [0.1, 0.15) is 15.9 Å². The van der Waals surface area contributed by atoms with Crippen molar-refractivity contribution >= 4 is 23.6 Å². The lowest BCUT2D eigenvalue weighted by Gasteiger charge is -2.08. The van der Waals surface area contributed by atoms with Crippen molar-refractivity contribution in [1.82, 2.24) is 5.32 Å². The van der Waals surface area contributed by atoms with E-state index in [-0.39, 0.29) is 11.5 Å². The summed E-state index contributed by atoms with van der Waals surface area (Å²) in [7, 11) is 1.55. The fraction of sp³-hybridized carbons (Fsp3) is 0.0417. The molecule has 3 rings (SSSR count). The van der Waals surface area contributed by atoms with E-state index >= 15 is 0 Å². The van der Waals surface area contributed by atoms with E-state index in [0.29, 0.717) is 28.3 Å². The Morgan fingerprint density at radius 3 is 2.13 bits per heavy atom. The molecule has 0 saturated carbocycles. The number of hydrogen-bond acceptors (Lipinski definition) is 4. The maximum absolute atomic E-state index is 12.4. The first kappa shape index (κ1) is 20.4. The first-order valence-corrected chi connectivity index (χ1v) is 9.17. The van der Waals surface area contributed by atoms with Gasteiger partial charge < -0.3 is 15.4 Å². The highest BCUT2D eigenvalue weighted by atomic mass is 16.5. The Labute approximate surface area is 174 Å². The van der Waals surface area contributed by atoms with Crippen LogP contribution in [0.15, 0.2) is 84.4 Å². The first-order chi connectivity index (χ1) is 14.6. The quantitative estimate of drug-likeness (QED) is 0.477. The molecule has 2 N–H and O–H groups in total. The third kappa shape index (κ3) is 5.33. The zero-order valence-electron chi connectivity index (χ0n) is 16.3. The third-order valence-corrected chi connectivity index (χ3v) is 4.17.